The minimum Gasteiger partial charge on any atom is -0.361 e. The van der Waals surface area contributed by atoms with Gasteiger partial charge in [-0.3, -0.25) is 4.79 Å². The number of thioether (sulfide) groups is 1. The fourth-order valence-corrected chi connectivity index (χ4v) is 7.16. The lowest BCUT2D eigenvalue weighted by Gasteiger charge is -2.21. The number of rotatable bonds is 6. The number of para-hydroxylation sites is 1. The van der Waals surface area contributed by atoms with Gasteiger partial charge < -0.3 is 19.7 Å². The van der Waals surface area contributed by atoms with E-state index < -0.39 is 0 Å². The van der Waals surface area contributed by atoms with Gasteiger partial charge >= 0.3 is 0 Å². The van der Waals surface area contributed by atoms with E-state index in [0.29, 0.717) is 20.6 Å². The Balaban J connectivity index is 1.43. The summed E-state index contributed by atoms with van der Waals surface area (Å²) < 4.78 is 2.11. The molecule has 9 heteroatoms. The zero-order valence-electron chi connectivity index (χ0n) is 22.0. The Hall–Kier alpha value is -2.87. The van der Waals surface area contributed by atoms with Crippen LogP contribution in [-0.2, 0) is 4.79 Å². The summed E-state index contributed by atoms with van der Waals surface area (Å²) in [5.41, 5.74) is 5.35. The second-order valence-corrected chi connectivity index (χ2v) is 12.6. The van der Waals surface area contributed by atoms with E-state index in [1.165, 1.54) is 4.91 Å². The molecule has 0 saturated carbocycles. The summed E-state index contributed by atoms with van der Waals surface area (Å²) >= 11 is 20.8. The first-order chi connectivity index (χ1) is 19.3. The number of halogens is 3. The highest BCUT2D eigenvalue weighted by molar-refractivity contribution is 8.07. The zero-order chi connectivity index (χ0) is 28.0. The van der Waals surface area contributed by atoms with Crippen molar-refractivity contribution in [3.8, 4) is 5.69 Å². The minimum absolute atomic E-state index is 0.0902. The number of nitrogens with one attached hydrogen (secondary N) is 1. The molecule has 1 aromatic heterocycles. The molecule has 5 nitrogen and oxygen atoms in total. The standard InChI is InChI=1S/C31H27Cl3N4OS/c1-36(2)12-5-13-37-18-22(40-31(37)29-24-15-20(32)8-10-26(24)35-30(29)39)14-19-17-38(27-7-4-3-6-23(19)27)28-11-9-21(33)16-25(28)34/h3-4,6-11,14-17H,5,12-13,18H2,1-2H3,(H,35,39). The van der Waals surface area contributed by atoms with Crippen molar-refractivity contribution in [2.24, 2.45) is 0 Å². The average molecular weight is 610 g/mol. The largest absolute Gasteiger partial charge is 0.361 e. The smallest absolute Gasteiger partial charge is 0.259 e. The SMILES string of the molecule is CN(C)CCCN1CC(=Cc2cn(-c3ccc(Cl)cc3Cl)c3ccccc23)SC1=C1C(=O)Nc2ccc(Cl)cc21. The van der Waals surface area contributed by atoms with Gasteiger partial charge in [0.15, 0.2) is 0 Å². The van der Waals surface area contributed by atoms with Crippen molar-refractivity contribution in [2.75, 3.05) is 39.0 Å². The topological polar surface area (TPSA) is 40.5 Å². The van der Waals surface area contributed by atoms with E-state index in [1.807, 2.05) is 36.4 Å². The fraction of sp³-hybridized carbons (Fsp3) is 0.194. The highest BCUT2D eigenvalue weighted by Crippen LogP contribution is 2.47. The van der Waals surface area contributed by atoms with E-state index in [2.05, 4.69) is 58.2 Å². The molecule has 204 valence electrons. The van der Waals surface area contributed by atoms with Gasteiger partial charge in [0, 0.05) is 56.4 Å². The molecule has 0 bridgehead atoms. The van der Waals surface area contributed by atoms with Crippen LogP contribution in [0.5, 0.6) is 0 Å². The second kappa shape index (κ2) is 11.2. The van der Waals surface area contributed by atoms with Crippen LogP contribution in [-0.4, -0.2) is 54.0 Å². The van der Waals surface area contributed by atoms with Crippen molar-refractivity contribution in [1.29, 1.82) is 0 Å². The molecular formula is C31H27Cl3N4OS. The molecule has 40 heavy (non-hydrogen) atoms. The maximum atomic E-state index is 13.2. The Kier molecular flexibility index (Phi) is 7.64. The van der Waals surface area contributed by atoms with Crippen LogP contribution in [0.1, 0.15) is 17.5 Å². The first-order valence-corrected chi connectivity index (χ1v) is 14.9. The van der Waals surface area contributed by atoms with Gasteiger partial charge in [-0.15, -0.1) is 0 Å². The molecule has 0 spiro atoms. The lowest BCUT2D eigenvalue weighted by atomic mass is 10.1. The van der Waals surface area contributed by atoms with Gasteiger partial charge in [0.25, 0.3) is 5.91 Å². The van der Waals surface area contributed by atoms with E-state index in [1.54, 1.807) is 23.9 Å². The van der Waals surface area contributed by atoms with Crippen LogP contribution in [0.3, 0.4) is 0 Å². The average Bonchev–Trinajstić information content (AvgIpc) is 3.57. The molecule has 0 radical (unpaired) electrons. The number of hydrogen-bond acceptors (Lipinski definition) is 4. The van der Waals surface area contributed by atoms with Gasteiger partial charge in [-0.05, 0) is 75.6 Å². The lowest BCUT2D eigenvalue weighted by molar-refractivity contribution is -0.110. The van der Waals surface area contributed by atoms with Crippen molar-refractivity contribution in [1.82, 2.24) is 14.4 Å². The van der Waals surface area contributed by atoms with Gasteiger partial charge in [-0.25, -0.2) is 0 Å². The Labute approximate surface area is 253 Å². The molecule has 0 aliphatic carbocycles. The van der Waals surface area contributed by atoms with Gasteiger partial charge in [0.2, 0.25) is 0 Å². The summed E-state index contributed by atoms with van der Waals surface area (Å²) in [6.45, 7) is 2.53. The summed E-state index contributed by atoms with van der Waals surface area (Å²) in [7, 11) is 4.16. The van der Waals surface area contributed by atoms with E-state index in [9.17, 15) is 4.79 Å². The number of anilines is 1. The van der Waals surface area contributed by atoms with Crippen molar-refractivity contribution >= 4 is 80.7 Å². The number of fused-ring (bicyclic) bond motifs is 2. The molecule has 1 fully saturated rings. The molecule has 1 saturated heterocycles. The summed E-state index contributed by atoms with van der Waals surface area (Å²) in [6.07, 6.45) is 5.33. The number of benzene rings is 3. The number of amides is 1. The molecule has 3 aromatic carbocycles. The zero-order valence-corrected chi connectivity index (χ0v) is 25.1. The van der Waals surface area contributed by atoms with Crippen LogP contribution < -0.4 is 5.32 Å². The Morgan fingerprint density at radius 2 is 1.80 bits per heavy atom. The van der Waals surface area contributed by atoms with Crippen molar-refractivity contribution in [3.05, 3.63) is 103 Å². The molecule has 1 amide bonds. The van der Waals surface area contributed by atoms with Gasteiger partial charge in [-0.1, -0.05) is 64.8 Å². The molecule has 3 heterocycles. The maximum Gasteiger partial charge on any atom is 0.259 e. The monoisotopic (exact) mass is 608 g/mol. The number of aromatic nitrogens is 1. The third kappa shape index (κ3) is 5.27. The first kappa shape index (κ1) is 27.3. The number of hydrogen-bond donors (Lipinski definition) is 1. The number of nitrogens with zero attached hydrogens (tertiary/aromatic N) is 3. The summed E-state index contributed by atoms with van der Waals surface area (Å²) in [6, 6.07) is 19.4. The van der Waals surface area contributed by atoms with Crippen molar-refractivity contribution in [2.45, 2.75) is 6.42 Å². The quantitative estimate of drug-likeness (QED) is 0.224. The van der Waals surface area contributed by atoms with Crippen LogP contribution in [0.4, 0.5) is 5.69 Å². The van der Waals surface area contributed by atoms with Crippen molar-refractivity contribution < 1.29 is 4.79 Å². The van der Waals surface area contributed by atoms with Crippen LogP contribution in [0.15, 0.2) is 76.8 Å². The summed E-state index contributed by atoms with van der Waals surface area (Å²) in [5, 5.41) is 6.91. The molecular weight excluding hydrogens is 583 g/mol. The summed E-state index contributed by atoms with van der Waals surface area (Å²) in [4.78, 5) is 18.9. The number of carbonyl (C=O) groups excluding carboxylic acids is 1. The normalized spacial score (nSPS) is 17.9. The number of carbonyl (C=O) groups is 1. The predicted molar refractivity (Wildman–Crippen MR) is 171 cm³/mol. The van der Waals surface area contributed by atoms with Crippen LogP contribution in [0.25, 0.3) is 28.2 Å². The Bertz CT molecular complexity index is 1710. The molecule has 2 aliphatic rings. The fourth-order valence-electron chi connectivity index (χ4n) is 5.25. The van der Waals surface area contributed by atoms with Crippen LogP contribution >= 0.6 is 46.6 Å². The summed E-state index contributed by atoms with van der Waals surface area (Å²) in [5.74, 6) is -0.0902. The van der Waals surface area contributed by atoms with Crippen molar-refractivity contribution in [3.63, 3.8) is 0 Å². The molecule has 4 aromatic rings. The molecule has 1 N–H and O–H groups in total. The Morgan fingerprint density at radius 3 is 2.60 bits per heavy atom. The van der Waals surface area contributed by atoms with E-state index in [-0.39, 0.29) is 5.91 Å². The third-order valence-electron chi connectivity index (χ3n) is 7.06. The van der Waals surface area contributed by atoms with Gasteiger partial charge in [0.1, 0.15) is 0 Å². The molecule has 0 atom stereocenters. The minimum atomic E-state index is -0.0902. The van der Waals surface area contributed by atoms with E-state index >= 15 is 0 Å². The van der Waals surface area contributed by atoms with E-state index in [4.69, 9.17) is 34.8 Å². The van der Waals surface area contributed by atoms with Gasteiger partial charge in [0.05, 0.1) is 26.8 Å². The first-order valence-electron chi connectivity index (χ1n) is 13.0. The highest BCUT2D eigenvalue weighted by Gasteiger charge is 2.34. The maximum absolute atomic E-state index is 13.2. The molecule has 0 unspecified atom stereocenters. The van der Waals surface area contributed by atoms with Gasteiger partial charge in [-0.2, -0.15) is 0 Å². The van der Waals surface area contributed by atoms with Crippen LogP contribution in [0.2, 0.25) is 15.1 Å². The predicted octanol–water partition coefficient (Wildman–Crippen LogP) is 8.25. The lowest BCUT2D eigenvalue weighted by Crippen LogP contribution is -2.25. The highest BCUT2D eigenvalue weighted by atomic mass is 35.5. The molecule has 2 aliphatic heterocycles. The Morgan fingerprint density at radius 1 is 1.02 bits per heavy atom. The third-order valence-corrected chi connectivity index (χ3v) is 9.00. The van der Waals surface area contributed by atoms with E-state index in [0.717, 1.165) is 64.5 Å². The van der Waals surface area contributed by atoms with Crippen LogP contribution in [0, 0.1) is 0 Å². The second-order valence-electron chi connectivity index (χ2n) is 10.2. The molecule has 6 rings (SSSR count).